The maximum absolute atomic E-state index is 9.97. The monoisotopic (exact) mass is 161 g/mol. The molecule has 0 unspecified atom stereocenters. The fourth-order valence-electron chi connectivity index (χ4n) is 0.751. The Balaban J connectivity index is 0.00000121. The van der Waals surface area contributed by atoms with Crippen LogP contribution in [-0.4, -0.2) is 21.2 Å². The summed E-state index contributed by atoms with van der Waals surface area (Å²) < 4.78 is 0. The number of H-pyrrole nitrogens is 1. The van der Waals surface area contributed by atoms with Gasteiger partial charge in [0.1, 0.15) is 12.2 Å². The number of hydrogen-bond donors (Lipinski definition) is 1. The Kier molecular flexibility index (Phi) is 5.42. The number of aryl methyl sites for hydroxylation is 1. The molecule has 1 heterocycles. The van der Waals surface area contributed by atoms with Gasteiger partial charge in [-0.15, -0.1) is 0 Å². The van der Waals surface area contributed by atoms with E-state index in [2.05, 4.69) is 15.2 Å². The molecule has 0 spiro atoms. The molecule has 1 rings (SSSR count). The average molecular weight is 161 g/mol. The van der Waals surface area contributed by atoms with Crippen LogP contribution in [0.2, 0.25) is 0 Å². The average Bonchev–Trinajstić information content (AvgIpc) is 2.39. The summed E-state index contributed by atoms with van der Waals surface area (Å²) in [5, 5.41) is 16.2. The Hall–Kier alpha value is -0.793. The predicted molar refractivity (Wildman–Crippen MR) is 34.3 cm³/mol. The number of carbonyl (C=O) groups excluding carboxylic acids is 1. The van der Waals surface area contributed by atoms with E-state index in [4.69, 9.17) is 0 Å². The first-order chi connectivity index (χ1) is 5.29. The molecule has 0 amide bonds. The number of aromatic amines is 1. The second-order valence-electron chi connectivity index (χ2n) is 2.16. The number of carboxylic acids is 1. The van der Waals surface area contributed by atoms with Gasteiger partial charge in [-0.1, -0.05) is 0 Å². The molecule has 12 heavy (non-hydrogen) atoms. The normalized spacial score (nSPS) is 9.00. The van der Waals surface area contributed by atoms with Crippen LogP contribution in [0.5, 0.6) is 0 Å². The van der Waals surface area contributed by atoms with Crippen LogP contribution in [0.4, 0.5) is 0 Å². The standard InChI is InChI=1S/C6H9N3O2.Li/c10-6(11)3-1-2-5-7-4-8-9-5;/h4H,1-3H2,(H,10,11)(H,7,8,9);/q;+1/p-1. The fraction of sp³-hybridized carbons (Fsp3) is 0.500. The molecule has 0 saturated carbocycles. The van der Waals surface area contributed by atoms with Crippen molar-refractivity contribution in [3.8, 4) is 0 Å². The van der Waals surface area contributed by atoms with Crippen molar-refractivity contribution in [2.75, 3.05) is 0 Å². The summed E-state index contributed by atoms with van der Waals surface area (Å²) in [5.41, 5.74) is 0. The summed E-state index contributed by atoms with van der Waals surface area (Å²) in [7, 11) is 0. The third-order valence-electron chi connectivity index (χ3n) is 1.26. The van der Waals surface area contributed by atoms with Crippen LogP contribution in [0.25, 0.3) is 0 Å². The topological polar surface area (TPSA) is 81.7 Å². The Morgan fingerprint density at radius 1 is 1.67 bits per heavy atom. The van der Waals surface area contributed by atoms with Gasteiger partial charge in [-0.3, -0.25) is 5.10 Å². The third-order valence-corrected chi connectivity index (χ3v) is 1.26. The maximum atomic E-state index is 9.97. The van der Waals surface area contributed by atoms with Gasteiger partial charge in [0.05, 0.1) is 0 Å². The van der Waals surface area contributed by atoms with Gasteiger partial charge in [-0.05, 0) is 12.8 Å². The molecular formula is C6H8LiN3O2. The van der Waals surface area contributed by atoms with Crippen LogP contribution >= 0.6 is 0 Å². The zero-order chi connectivity index (χ0) is 8.10. The van der Waals surface area contributed by atoms with Gasteiger partial charge in [-0.2, -0.15) is 5.10 Å². The van der Waals surface area contributed by atoms with Crippen molar-refractivity contribution in [1.82, 2.24) is 15.2 Å². The van der Waals surface area contributed by atoms with Crippen LogP contribution in [0, 0.1) is 0 Å². The Morgan fingerprint density at radius 2 is 2.42 bits per heavy atom. The molecule has 0 aromatic carbocycles. The molecule has 0 bridgehead atoms. The number of carboxylic acid groups (broad SMARTS) is 1. The van der Waals surface area contributed by atoms with E-state index < -0.39 is 5.97 Å². The molecule has 0 saturated heterocycles. The van der Waals surface area contributed by atoms with Crippen LogP contribution in [-0.2, 0) is 11.2 Å². The van der Waals surface area contributed by atoms with Crippen molar-refractivity contribution in [2.45, 2.75) is 19.3 Å². The van der Waals surface area contributed by atoms with Crippen molar-refractivity contribution >= 4 is 5.97 Å². The Bertz CT molecular complexity index is 225. The Labute approximate surface area is 81.8 Å². The van der Waals surface area contributed by atoms with E-state index >= 15 is 0 Å². The molecule has 60 valence electrons. The van der Waals surface area contributed by atoms with Crippen molar-refractivity contribution in [1.29, 1.82) is 0 Å². The van der Waals surface area contributed by atoms with Crippen molar-refractivity contribution < 1.29 is 28.8 Å². The van der Waals surface area contributed by atoms with Gasteiger partial charge in [0.15, 0.2) is 0 Å². The minimum Gasteiger partial charge on any atom is -0.550 e. The summed E-state index contributed by atoms with van der Waals surface area (Å²) in [5.74, 6) is -0.309. The number of nitrogens with one attached hydrogen (secondary N) is 1. The first-order valence-corrected chi connectivity index (χ1v) is 3.33. The van der Waals surface area contributed by atoms with E-state index in [-0.39, 0.29) is 25.3 Å². The summed E-state index contributed by atoms with van der Waals surface area (Å²) in [6.45, 7) is 0. The van der Waals surface area contributed by atoms with Crippen LogP contribution in [0.1, 0.15) is 18.7 Å². The molecule has 5 nitrogen and oxygen atoms in total. The van der Waals surface area contributed by atoms with Crippen molar-refractivity contribution in [3.05, 3.63) is 12.2 Å². The molecule has 1 aromatic rings. The van der Waals surface area contributed by atoms with Crippen LogP contribution < -0.4 is 24.0 Å². The molecule has 1 N–H and O–H groups in total. The summed E-state index contributed by atoms with van der Waals surface area (Å²) in [6, 6.07) is 0. The molecule has 0 atom stereocenters. The molecule has 0 fully saturated rings. The smallest absolute Gasteiger partial charge is 0.550 e. The van der Waals surface area contributed by atoms with Gasteiger partial charge in [-0.25, -0.2) is 4.98 Å². The molecule has 0 aliphatic carbocycles. The van der Waals surface area contributed by atoms with Crippen LogP contribution in [0.15, 0.2) is 6.33 Å². The molecule has 0 aliphatic heterocycles. The molecule has 0 radical (unpaired) electrons. The van der Waals surface area contributed by atoms with Crippen molar-refractivity contribution in [2.24, 2.45) is 0 Å². The van der Waals surface area contributed by atoms with E-state index in [0.29, 0.717) is 18.7 Å². The predicted octanol–water partition coefficient (Wildman–Crippen LogP) is -4.12. The van der Waals surface area contributed by atoms with Crippen LogP contribution in [0.3, 0.4) is 0 Å². The number of carbonyl (C=O) groups is 1. The third kappa shape index (κ3) is 4.16. The van der Waals surface area contributed by atoms with E-state index in [1.165, 1.54) is 6.33 Å². The van der Waals surface area contributed by atoms with E-state index in [1.807, 2.05) is 0 Å². The number of aromatic nitrogens is 3. The van der Waals surface area contributed by atoms with Gasteiger partial charge < -0.3 is 9.90 Å². The molecule has 0 aliphatic rings. The number of nitrogens with zero attached hydrogens (tertiary/aromatic N) is 2. The minimum atomic E-state index is -1.02. The zero-order valence-electron chi connectivity index (χ0n) is 6.91. The first kappa shape index (κ1) is 11.2. The largest absolute Gasteiger partial charge is 1.00 e. The zero-order valence-corrected chi connectivity index (χ0v) is 6.91. The number of rotatable bonds is 4. The van der Waals surface area contributed by atoms with E-state index in [1.54, 1.807) is 0 Å². The maximum Gasteiger partial charge on any atom is 1.00 e. The molecular weight excluding hydrogens is 153 g/mol. The fourth-order valence-corrected chi connectivity index (χ4v) is 0.751. The van der Waals surface area contributed by atoms with E-state index in [9.17, 15) is 9.90 Å². The SMILES string of the molecule is O=C([O-])CCCc1ncn[nH]1.[Li+]. The molecule has 1 aromatic heterocycles. The van der Waals surface area contributed by atoms with Gasteiger partial charge in [0.2, 0.25) is 0 Å². The van der Waals surface area contributed by atoms with Gasteiger partial charge in [0.25, 0.3) is 0 Å². The quantitative estimate of drug-likeness (QED) is 0.455. The number of hydrogen-bond acceptors (Lipinski definition) is 4. The summed E-state index contributed by atoms with van der Waals surface area (Å²) in [6.07, 6.45) is 2.61. The number of aliphatic carboxylic acids is 1. The Morgan fingerprint density at radius 3 is 2.92 bits per heavy atom. The molecule has 6 heteroatoms. The minimum absolute atomic E-state index is 0. The second-order valence-corrected chi connectivity index (χ2v) is 2.16. The van der Waals surface area contributed by atoms with Gasteiger partial charge >= 0.3 is 18.9 Å². The van der Waals surface area contributed by atoms with Crippen molar-refractivity contribution in [3.63, 3.8) is 0 Å². The second kappa shape index (κ2) is 5.81. The van der Waals surface area contributed by atoms with Gasteiger partial charge in [0, 0.05) is 12.4 Å². The first-order valence-electron chi connectivity index (χ1n) is 3.33. The summed E-state index contributed by atoms with van der Waals surface area (Å²) >= 11 is 0. The summed E-state index contributed by atoms with van der Waals surface area (Å²) in [4.78, 5) is 13.8. The van der Waals surface area contributed by atoms with E-state index in [0.717, 1.165) is 0 Å².